The van der Waals surface area contributed by atoms with Crippen LogP contribution in [0.3, 0.4) is 0 Å². The maximum absolute atomic E-state index is 14.3. The zero-order chi connectivity index (χ0) is 22.7. The van der Waals surface area contributed by atoms with E-state index in [0.717, 1.165) is 26.4 Å². The number of nitrogens with one attached hydrogen (secondary N) is 2. The van der Waals surface area contributed by atoms with E-state index in [1.807, 2.05) is 0 Å². The van der Waals surface area contributed by atoms with E-state index in [0.29, 0.717) is 0 Å². The molecule has 0 bridgehead atoms. The lowest BCUT2D eigenvalue weighted by atomic mass is 10.1. The third-order valence-electron chi connectivity index (χ3n) is 3.78. The summed E-state index contributed by atoms with van der Waals surface area (Å²) < 4.78 is 66.8. The van der Waals surface area contributed by atoms with E-state index in [-0.39, 0.29) is 32.9 Å². The number of carbonyl (C=O) groups excluding carboxylic acids is 2. The number of benzene rings is 2. The monoisotopic (exact) mass is 468 g/mol. The highest BCUT2D eigenvalue weighted by Gasteiger charge is 2.67. The Morgan fingerprint density at radius 2 is 1.10 bits per heavy atom. The minimum atomic E-state index is -5.43. The average Bonchev–Trinajstić information content (AvgIpc) is 2.68. The van der Waals surface area contributed by atoms with Gasteiger partial charge in [0.25, 0.3) is 0 Å². The van der Waals surface area contributed by atoms with Crippen molar-refractivity contribution in [2.75, 3.05) is 24.9 Å². The summed E-state index contributed by atoms with van der Waals surface area (Å²) >= 11 is 11.4. The summed E-state index contributed by atoms with van der Waals surface area (Å²) in [7, 11) is 2.33. The van der Waals surface area contributed by atoms with Gasteiger partial charge in [-0.05, 0) is 36.4 Å². The molecule has 0 unspecified atom stereocenters. The van der Waals surface area contributed by atoms with Crippen LogP contribution in [-0.4, -0.2) is 37.9 Å². The largest absolute Gasteiger partial charge is 0.495 e. The number of hydrogen-bond donors (Lipinski definition) is 2. The number of anilines is 2. The van der Waals surface area contributed by atoms with Crippen LogP contribution >= 0.6 is 23.2 Å². The first-order chi connectivity index (χ1) is 13.9. The second-order valence-corrected chi connectivity index (χ2v) is 6.62. The lowest BCUT2D eigenvalue weighted by molar-refractivity contribution is -0.204. The molecule has 2 amide bonds. The van der Waals surface area contributed by atoms with E-state index >= 15 is 0 Å². The van der Waals surface area contributed by atoms with E-state index in [9.17, 15) is 27.2 Å². The predicted molar refractivity (Wildman–Crippen MR) is 103 cm³/mol. The van der Waals surface area contributed by atoms with Crippen LogP contribution in [0.25, 0.3) is 0 Å². The molecule has 12 heteroatoms. The van der Waals surface area contributed by atoms with Crippen molar-refractivity contribution in [3.05, 3.63) is 46.4 Å². The summed E-state index contributed by atoms with van der Waals surface area (Å²) in [6.45, 7) is 0. The molecule has 0 aliphatic heterocycles. The van der Waals surface area contributed by atoms with Crippen molar-refractivity contribution in [3.63, 3.8) is 0 Å². The molecule has 0 spiro atoms. The molecule has 0 fully saturated rings. The number of carbonyl (C=O) groups is 2. The summed E-state index contributed by atoms with van der Waals surface area (Å²) in [5.41, 5.74) is -0.773. The van der Waals surface area contributed by atoms with Crippen LogP contribution < -0.4 is 20.1 Å². The fourth-order valence-corrected chi connectivity index (χ4v) is 2.59. The minimum Gasteiger partial charge on any atom is -0.495 e. The van der Waals surface area contributed by atoms with E-state index in [1.54, 1.807) is 10.6 Å². The van der Waals surface area contributed by atoms with Crippen molar-refractivity contribution in [1.29, 1.82) is 0 Å². The van der Waals surface area contributed by atoms with Crippen LogP contribution in [0.1, 0.15) is 0 Å². The van der Waals surface area contributed by atoms with Crippen LogP contribution in [0, 0.1) is 0 Å². The zero-order valence-electron chi connectivity index (χ0n) is 15.4. The molecular weight excluding hydrogens is 455 g/mol. The van der Waals surface area contributed by atoms with Crippen molar-refractivity contribution in [3.8, 4) is 11.5 Å². The van der Waals surface area contributed by atoms with Crippen LogP contribution in [-0.2, 0) is 9.59 Å². The van der Waals surface area contributed by atoms with Crippen molar-refractivity contribution in [1.82, 2.24) is 0 Å². The van der Waals surface area contributed by atoms with E-state index in [4.69, 9.17) is 32.7 Å². The lowest BCUT2D eigenvalue weighted by Crippen LogP contribution is -2.56. The lowest BCUT2D eigenvalue weighted by Gasteiger charge is -2.25. The fourth-order valence-electron chi connectivity index (χ4n) is 2.24. The average molecular weight is 469 g/mol. The zero-order valence-corrected chi connectivity index (χ0v) is 16.9. The van der Waals surface area contributed by atoms with Gasteiger partial charge in [0, 0.05) is 10.0 Å². The highest BCUT2D eigenvalue weighted by Crippen LogP contribution is 2.39. The Labute approximate surface area is 178 Å². The standard InChI is InChI=1S/C18H14Cl2F4N2O4/c1-29-13-5-3-9(19)7-11(13)25-15(27)17(21,22)18(23,24)16(28)26-12-8-10(20)4-6-14(12)30-2/h3-8H,1-2H3,(H,25,27)(H,26,28). The molecule has 0 heterocycles. The summed E-state index contributed by atoms with van der Waals surface area (Å²) in [5.74, 6) is -16.0. The van der Waals surface area contributed by atoms with Crippen LogP contribution in [0.15, 0.2) is 36.4 Å². The maximum atomic E-state index is 14.3. The molecule has 2 aromatic carbocycles. The fraction of sp³-hybridized carbons (Fsp3) is 0.222. The van der Waals surface area contributed by atoms with Gasteiger partial charge in [-0.15, -0.1) is 0 Å². The summed E-state index contributed by atoms with van der Waals surface area (Å²) in [5, 5.41) is 3.23. The second-order valence-electron chi connectivity index (χ2n) is 5.75. The molecule has 0 aromatic heterocycles. The Balaban J connectivity index is 2.28. The van der Waals surface area contributed by atoms with Crippen LogP contribution in [0.4, 0.5) is 28.9 Å². The van der Waals surface area contributed by atoms with Crippen molar-refractivity contribution >= 4 is 46.4 Å². The van der Waals surface area contributed by atoms with E-state index in [1.165, 1.54) is 24.3 Å². The molecule has 0 aliphatic carbocycles. The van der Waals surface area contributed by atoms with Gasteiger partial charge < -0.3 is 20.1 Å². The second kappa shape index (κ2) is 8.97. The molecule has 2 rings (SSSR count). The summed E-state index contributed by atoms with van der Waals surface area (Å²) in [6.07, 6.45) is 0. The number of methoxy groups -OCH3 is 2. The highest BCUT2D eigenvalue weighted by molar-refractivity contribution is 6.31. The van der Waals surface area contributed by atoms with Crippen molar-refractivity contribution in [2.45, 2.75) is 11.8 Å². The Bertz CT molecular complexity index is 896. The number of alkyl halides is 4. The molecule has 0 saturated heterocycles. The Kier molecular flexibility index (Phi) is 7.04. The number of ether oxygens (including phenoxy) is 2. The Morgan fingerprint density at radius 3 is 1.40 bits per heavy atom. The van der Waals surface area contributed by atoms with Gasteiger partial charge in [0.2, 0.25) is 0 Å². The van der Waals surface area contributed by atoms with Gasteiger partial charge in [-0.2, -0.15) is 17.6 Å². The third-order valence-corrected chi connectivity index (χ3v) is 4.25. The Hall–Kier alpha value is -2.72. The molecular formula is C18H14Cl2F4N2O4. The van der Waals surface area contributed by atoms with E-state index in [2.05, 4.69) is 0 Å². The SMILES string of the molecule is COc1ccc(Cl)cc1NC(=O)C(F)(F)C(F)(F)C(=O)Nc1cc(Cl)ccc1OC. The molecule has 0 atom stereocenters. The molecule has 2 aromatic rings. The van der Waals surface area contributed by atoms with Crippen molar-refractivity contribution in [2.24, 2.45) is 0 Å². The third kappa shape index (κ3) is 4.71. The van der Waals surface area contributed by atoms with Gasteiger partial charge in [0.05, 0.1) is 25.6 Å². The van der Waals surface area contributed by atoms with Gasteiger partial charge in [-0.3, -0.25) is 9.59 Å². The van der Waals surface area contributed by atoms with E-state index < -0.39 is 23.7 Å². The smallest absolute Gasteiger partial charge is 0.396 e. The van der Waals surface area contributed by atoms with Gasteiger partial charge >= 0.3 is 23.7 Å². The van der Waals surface area contributed by atoms with Gasteiger partial charge in [0.1, 0.15) is 11.5 Å². The molecule has 0 saturated carbocycles. The molecule has 0 aliphatic rings. The van der Waals surface area contributed by atoms with Gasteiger partial charge in [-0.1, -0.05) is 23.2 Å². The summed E-state index contributed by atoms with van der Waals surface area (Å²) in [6, 6.07) is 7.15. The molecule has 30 heavy (non-hydrogen) atoms. The van der Waals surface area contributed by atoms with Gasteiger partial charge in [0.15, 0.2) is 0 Å². The molecule has 0 radical (unpaired) electrons. The normalized spacial score (nSPS) is 11.6. The molecule has 162 valence electrons. The topological polar surface area (TPSA) is 76.7 Å². The highest BCUT2D eigenvalue weighted by atomic mass is 35.5. The number of hydrogen-bond acceptors (Lipinski definition) is 4. The number of rotatable bonds is 7. The maximum Gasteiger partial charge on any atom is 0.396 e. The van der Waals surface area contributed by atoms with Crippen LogP contribution in [0.5, 0.6) is 11.5 Å². The first-order valence-corrected chi connectivity index (χ1v) is 8.75. The number of halogens is 6. The quantitative estimate of drug-likeness (QED) is 0.569. The first kappa shape index (κ1) is 23.6. The summed E-state index contributed by atoms with van der Waals surface area (Å²) in [4.78, 5) is 23.9. The first-order valence-electron chi connectivity index (χ1n) is 7.99. The van der Waals surface area contributed by atoms with Crippen LogP contribution in [0.2, 0.25) is 10.0 Å². The van der Waals surface area contributed by atoms with Gasteiger partial charge in [-0.25, -0.2) is 0 Å². The molecule has 6 nitrogen and oxygen atoms in total. The minimum absolute atomic E-state index is 0.0203. The molecule has 2 N–H and O–H groups in total. The number of amides is 2. The predicted octanol–water partition coefficient (Wildman–Crippen LogP) is 4.86. The Morgan fingerprint density at radius 1 is 0.767 bits per heavy atom. The van der Waals surface area contributed by atoms with Crippen molar-refractivity contribution < 1.29 is 36.6 Å².